The van der Waals surface area contributed by atoms with Crippen LogP contribution in [0.1, 0.15) is 19.8 Å². The van der Waals surface area contributed by atoms with Gasteiger partial charge >= 0.3 is 0 Å². The Bertz CT molecular complexity index is 91.1. The highest BCUT2D eigenvalue weighted by atomic mass is 35.5. The molecular weight excluding hydrogens is 159 g/mol. The third-order valence-corrected chi connectivity index (χ3v) is 1.35. The predicted molar refractivity (Wildman–Crippen MR) is 40.6 cm³/mol. The van der Waals surface area contributed by atoms with E-state index in [1.54, 1.807) is 0 Å². The van der Waals surface area contributed by atoms with Crippen LogP contribution < -0.4 is 0 Å². The zero-order valence-corrected chi connectivity index (χ0v) is 6.87. The molecule has 9 heavy (non-hydrogen) atoms. The SMILES string of the molecule is CCCCO/C(Cl)=C/Cl. The van der Waals surface area contributed by atoms with Crippen molar-refractivity contribution in [1.82, 2.24) is 0 Å². The second kappa shape index (κ2) is 6.24. The van der Waals surface area contributed by atoms with E-state index in [9.17, 15) is 0 Å². The Morgan fingerprint density at radius 3 is 2.78 bits per heavy atom. The smallest absolute Gasteiger partial charge is 0.198 e. The van der Waals surface area contributed by atoms with E-state index in [0.717, 1.165) is 12.8 Å². The van der Waals surface area contributed by atoms with Crippen molar-refractivity contribution in [3.8, 4) is 0 Å². The second-order valence-corrected chi connectivity index (χ2v) is 2.21. The Morgan fingerprint density at radius 2 is 2.33 bits per heavy atom. The molecular formula is C6H10Cl2O. The Kier molecular flexibility index (Phi) is 6.33. The monoisotopic (exact) mass is 168 g/mol. The van der Waals surface area contributed by atoms with E-state index < -0.39 is 0 Å². The van der Waals surface area contributed by atoms with Gasteiger partial charge in [0.1, 0.15) is 0 Å². The minimum absolute atomic E-state index is 0.269. The summed E-state index contributed by atoms with van der Waals surface area (Å²) in [5, 5.41) is 0.269. The maximum atomic E-state index is 5.41. The van der Waals surface area contributed by atoms with Crippen LogP contribution in [0.3, 0.4) is 0 Å². The predicted octanol–water partition coefficient (Wildman–Crippen LogP) is 3.08. The van der Waals surface area contributed by atoms with Crippen LogP contribution in [0.15, 0.2) is 10.8 Å². The first kappa shape index (κ1) is 9.12. The Hall–Kier alpha value is 0.120. The summed E-state index contributed by atoms with van der Waals surface area (Å²) < 4.78 is 4.93. The lowest BCUT2D eigenvalue weighted by molar-refractivity contribution is 0.231. The first-order valence-corrected chi connectivity index (χ1v) is 3.71. The van der Waals surface area contributed by atoms with Gasteiger partial charge in [-0.15, -0.1) is 0 Å². The molecule has 0 aliphatic carbocycles. The van der Waals surface area contributed by atoms with Crippen molar-refractivity contribution in [3.05, 3.63) is 10.8 Å². The quantitative estimate of drug-likeness (QED) is 0.464. The maximum Gasteiger partial charge on any atom is 0.198 e. The van der Waals surface area contributed by atoms with Crippen LogP contribution >= 0.6 is 23.2 Å². The zero-order chi connectivity index (χ0) is 7.11. The fraction of sp³-hybridized carbons (Fsp3) is 0.667. The lowest BCUT2D eigenvalue weighted by Gasteiger charge is -1.99. The van der Waals surface area contributed by atoms with Gasteiger partial charge in [0.05, 0.1) is 12.1 Å². The molecule has 0 N–H and O–H groups in total. The van der Waals surface area contributed by atoms with Gasteiger partial charge in [-0.25, -0.2) is 0 Å². The van der Waals surface area contributed by atoms with Crippen LogP contribution in [0.25, 0.3) is 0 Å². The van der Waals surface area contributed by atoms with Crippen LogP contribution in [0.5, 0.6) is 0 Å². The van der Waals surface area contributed by atoms with E-state index in [0.29, 0.717) is 6.61 Å². The largest absolute Gasteiger partial charge is 0.482 e. The zero-order valence-electron chi connectivity index (χ0n) is 5.36. The molecule has 0 aliphatic heterocycles. The molecule has 0 amide bonds. The summed E-state index contributed by atoms with van der Waals surface area (Å²) in [7, 11) is 0. The molecule has 1 nitrogen and oxygen atoms in total. The molecule has 0 aromatic rings. The van der Waals surface area contributed by atoms with Crippen molar-refractivity contribution in [2.45, 2.75) is 19.8 Å². The number of hydrogen-bond donors (Lipinski definition) is 0. The number of ether oxygens (including phenoxy) is 1. The third kappa shape index (κ3) is 6.00. The highest BCUT2D eigenvalue weighted by Crippen LogP contribution is 2.05. The van der Waals surface area contributed by atoms with Crippen molar-refractivity contribution in [2.24, 2.45) is 0 Å². The minimum Gasteiger partial charge on any atom is -0.482 e. The van der Waals surface area contributed by atoms with Crippen LogP contribution in [0.2, 0.25) is 0 Å². The van der Waals surface area contributed by atoms with Crippen molar-refractivity contribution in [3.63, 3.8) is 0 Å². The van der Waals surface area contributed by atoms with Crippen LogP contribution in [-0.2, 0) is 4.74 Å². The van der Waals surface area contributed by atoms with Crippen molar-refractivity contribution < 1.29 is 4.74 Å². The summed E-state index contributed by atoms with van der Waals surface area (Å²) in [6.07, 6.45) is 2.12. The average Bonchev–Trinajstić information content (AvgIpc) is 1.89. The normalized spacial score (nSPS) is 11.7. The summed E-state index contributed by atoms with van der Waals surface area (Å²) >= 11 is 10.6. The van der Waals surface area contributed by atoms with Crippen LogP contribution in [-0.4, -0.2) is 6.61 Å². The molecule has 0 aliphatic rings. The number of unbranched alkanes of at least 4 members (excludes halogenated alkanes) is 1. The number of rotatable bonds is 4. The summed E-state index contributed by atoms with van der Waals surface area (Å²) in [5.74, 6) is 0. The van der Waals surface area contributed by atoms with Gasteiger partial charge in [-0.2, -0.15) is 0 Å². The fourth-order valence-electron chi connectivity index (χ4n) is 0.346. The van der Waals surface area contributed by atoms with Gasteiger partial charge in [-0.05, 0) is 18.0 Å². The molecule has 0 spiro atoms. The van der Waals surface area contributed by atoms with Crippen molar-refractivity contribution in [2.75, 3.05) is 6.61 Å². The van der Waals surface area contributed by atoms with E-state index in [1.165, 1.54) is 5.54 Å². The summed E-state index contributed by atoms with van der Waals surface area (Å²) in [6, 6.07) is 0. The molecule has 3 heteroatoms. The first-order chi connectivity index (χ1) is 4.31. The molecule has 0 aromatic carbocycles. The van der Waals surface area contributed by atoms with Gasteiger partial charge in [0.2, 0.25) is 0 Å². The topological polar surface area (TPSA) is 9.23 Å². The Labute approximate surface area is 65.6 Å². The molecule has 0 aromatic heterocycles. The van der Waals surface area contributed by atoms with Crippen molar-refractivity contribution in [1.29, 1.82) is 0 Å². The standard InChI is InChI=1S/C6H10Cl2O/c1-2-3-4-9-6(8)5-7/h5H,2-4H2,1H3/b6-5+. The molecule has 0 saturated carbocycles. The summed E-state index contributed by atoms with van der Waals surface area (Å²) in [5.41, 5.74) is 1.22. The third-order valence-electron chi connectivity index (χ3n) is 0.824. The molecule has 0 fully saturated rings. The van der Waals surface area contributed by atoms with Gasteiger partial charge in [-0.3, -0.25) is 0 Å². The van der Waals surface area contributed by atoms with Gasteiger partial charge in [-0.1, -0.05) is 24.9 Å². The van der Waals surface area contributed by atoms with E-state index in [2.05, 4.69) is 6.92 Å². The van der Waals surface area contributed by atoms with Gasteiger partial charge in [0, 0.05) is 0 Å². The van der Waals surface area contributed by atoms with Gasteiger partial charge < -0.3 is 4.74 Å². The van der Waals surface area contributed by atoms with E-state index >= 15 is 0 Å². The van der Waals surface area contributed by atoms with Crippen molar-refractivity contribution >= 4 is 23.2 Å². The number of hydrogen-bond acceptors (Lipinski definition) is 1. The van der Waals surface area contributed by atoms with E-state index in [1.807, 2.05) is 0 Å². The lowest BCUT2D eigenvalue weighted by Crippen LogP contribution is -1.88. The lowest BCUT2D eigenvalue weighted by atomic mass is 10.4. The highest BCUT2D eigenvalue weighted by molar-refractivity contribution is 6.35. The molecule has 0 rings (SSSR count). The molecule has 0 radical (unpaired) electrons. The Morgan fingerprint density at radius 1 is 1.67 bits per heavy atom. The van der Waals surface area contributed by atoms with Crippen LogP contribution in [0.4, 0.5) is 0 Å². The average molecular weight is 169 g/mol. The van der Waals surface area contributed by atoms with Gasteiger partial charge in [0.15, 0.2) is 5.22 Å². The van der Waals surface area contributed by atoms with E-state index in [-0.39, 0.29) is 5.22 Å². The highest BCUT2D eigenvalue weighted by Gasteiger charge is 1.88. The summed E-state index contributed by atoms with van der Waals surface area (Å²) in [6.45, 7) is 2.74. The molecule has 0 unspecified atom stereocenters. The maximum absolute atomic E-state index is 5.41. The van der Waals surface area contributed by atoms with Crippen LogP contribution in [0, 0.1) is 0 Å². The second-order valence-electron chi connectivity index (χ2n) is 1.62. The molecule has 54 valence electrons. The first-order valence-electron chi connectivity index (χ1n) is 2.90. The molecule has 0 heterocycles. The fourth-order valence-corrected chi connectivity index (χ4v) is 0.486. The summed E-state index contributed by atoms with van der Waals surface area (Å²) in [4.78, 5) is 0. The molecule has 0 saturated heterocycles. The number of halogens is 2. The molecule has 0 bridgehead atoms. The minimum atomic E-state index is 0.269. The Balaban J connectivity index is 3.07. The van der Waals surface area contributed by atoms with Gasteiger partial charge in [0.25, 0.3) is 0 Å². The molecule has 0 atom stereocenters. The van der Waals surface area contributed by atoms with E-state index in [4.69, 9.17) is 27.9 Å².